The van der Waals surface area contributed by atoms with E-state index in [9.17, 15) is 4.79 Å². The van der Waals surface area contributed by atoms with Gasteiger partial charge in [0.2, 0.25) is 0 Å². The van der Waals surface area contributed by atoms with Crippen LogP contribution in [0.4, 0.5) is 0 Å². The first-order valence-electron chi connectivity index (χ1n) is 5.20. The lowest BCUT2D eigenvalue weighted by atomic mass is 10.3. The Morgan fingerprint density at radius 1 is 1.38 bits per heavy atom. The summed E-state index contributed by atoms with van der Waals surface area (Å²) >= 11 is 5.04. The number of fused-ring (bicyclic) bond motifs is 1. The van der Waals surface area contributed by atoms with Crippen LogP contribution >= 0.6 is 12.2 Å². The summed E-state index contributed by atoms with van der Waals surface area (Å²) in [5.41, 5.74) is 1.06. The summed E-state index contributed by atoms with van der Waals surface area (Å²) in [7, 11) is 3.67. The number of hydrogen-bond donors (Lipinski definition) is 1. The molecule has 0 aromatic carbocycles. The number of aromatic nitrogens is 4. The lowest BCUT2D eigenvalue weighted by molar-refractivity contribution is 0.771. The summed E-state index contributed by atoms with van der Waals surface area (Å²) in [6.45, 7) is 2.09. The Kier molecular flexibility index (Phi) is 2.67. The Morgan fingerprint density at radius 3 is 2.69 bits per heavy atom. The van der Waals surface area contributed by atoms with Crippen LogP contribution in [0.5, 0.6) is 0 Å². The summed E-state index contributed by atoms with van der Waals surface area (Å²) in [6, 6.07) is 0. The molecule has 2 aromatic heterocycles. The van der Waals surface area contributed by atoms with Crippen LogP contribution in [0.2, 0.25) is 0 Å². The number of H-pyrrole nitrogens is 1. The minimum Gasteiger partial charge on any atom is -0.325 e. The number of nitrogens with one attached hydrogen (secondary N) is 1. The molecule has 5 nitrogen and oxygen atoms in total. The van der Waals surface area contributed by atoms with Crippen LogP contribution < -0.4 is 5.56 Å². The first-order valence-corrected chi connectivity index (χ1v) is 5.61. The number of nitrogens with zero attached hydrogens (tertiary/aromatic N) is 3. The molecule has 0 radical (unpaired) electrons. The van der Waals surface area contributed by atoms with E-state index in [0.717, 1.165) is 18.7 Å². The first kappa shape index (κ1) is 11.1. The average Bonchev–Trinajstić information content (AvgIpc) is 2.55. The van der Waals surface area contributed by atoms with Crippen LogP contribution in [0, 0.1) is 4.77 Å². The van der Waals surface area contributed by atoms with E-state index in [-0.39, 0.29) is 5.56 Å². The predicted octanol–water partition coefficient (Wildman–Crippen LogP) is 1.28. The summed E-state index contributed by atoms with van der Waals surface area (Å²) in [4.78, 5) is 18.9. The number of aromatic amines is 1. The smallest absolute Gasteiger partial charge is 0.277 e. The largest absolute Gasteiger partial charge is 0.325 e. The predicted molar refractivity (Wildman–Crippen MR) is 65.1 cm³/mol. The second-order valence-electron chi connectivity index (χ2n) is 3.83. The minimum atomic E-state index is -0.171. The first-order chi connectivity index (χ1) is 7.56. The second kappa shape index (κ2) is 3.86. The number of aryl methyl sites for hydroxylation is 3. The van der Waals surface area contributed by atoms with Crippen molar-refractivity contribution >= 4 is 23.4 Å². The third-order valence-corrected chi connectivity index (χ3v) is 3.08. The van der Waals surface area contributed by atoms with E-state index < -0.39 is 0 Å². The van der Waals surface area contributed by atoms with Gasteiger partial charge < -0.3 is 9.13 Å². The third-order valence-electron chi connectivity index (χ3n) is 2.70. The van der Waals surface area contributed by atoms with Crippen molar-refractivity contribution in [2.45, 2.75) is 19.8 Å². The molecule has 0 fully saturated rings. The van der Waals surface area contributed by atoms with Gasteiger partial charge in [-0.05, 0) is 18.6 Å². The van der Waals surface area contributed by atoms with Crippen molar-refractivity contribution in [3.8, 4) is 0 Å². The molecule has 0 atom stereocenters. The maximum absolute atomic E-state index is 11.8. The number of rotatable bonds is 2. The molecule has 2 aromatic rings. The van der Waals surface area contributed by atoms with Gasteiger partial charge >= 0.3 is 0 Å². The molecule has 2 rings (SSSR count). The van der Waals surface area contributed by atoms with E-state index >= 15 is 0 Å². The van der Waals surface area contributed by atoms with Crippen molar-refractivity contribution in [3.05, 3.63) is 20.9 Å². The molecule has 0 aliphatic heterocycles. The Balaban J connectivity index is 2.91. The molecule has 2 heterocycles. The van der Waals surface area contributed by atoms with Gasteiger partial charge in [0.05, 0.1) is 0 Å². The van der Waals surface area contributed by atoms with E-state index in [1.807, 2.05) is 18.7 Å². The van der Waals surface area contributed by atoms with Crippen molar-refractivity contribution in [2.24, 2.45) is 14.1 Å². The monoisotopic (exact) mass is 238 g/mol. The highest BCUT2D eigenvalue weighted by Gasteiger charge is 2.12. The van der Waals surface area contributed by atoms with Crippen LogP contribution in [0.25, 0.3) is 11.2 Å². The van der Waals surface area contributed by atoms with Crippen LogP contribution in [0.15, 0.2) is 4.79 Å². The Morgan fingerprint density at radius 2 is 2.06 bits per heavy atom. The highest BCUT2D eigenvalue weighted by Crippen LogP contribution is 2.11. The molecule has 0 spiro atoms. The van der Waals surface area contributed by atoms with E-state index in [0.29, 0.717) is 15.9 Å². The van der Waals surface area contributed by atoms with Gasteiger partial charge in [-0.15, -0.1) is 0 Å². The Bertz CT molecular complexity index is 649. The molecule has 0 aliphatic rings. The zero-order chi connectivity index (χ0) is 11.9. The topological polar surface area (TPSA) is 55.6 Å². The van der Waals surface area contributed by atoms with Gasteiger partial charge in [-0.2, -0.15) is 0 Å². The Hall–Kier alpha value is -1.43. The maximum Gasteiger partial charge on any atom is 0.277 e. The van der Waals surface area contributed by atoms with Gasteiger partial charge in [0.1, 0.15) is 5.82 Å². The molecule has 86 valence electrons. The second-order valence-corrected chi connectivity index (χ2v) is 4.21. The van der Waals surface area contributed by atoms with E-state index in [1.165, 1.54) is 0 Å². The van der Waals surface area contributed by atoms with Crippen molar-refractivity contribution in [2.75, 3.05) is 0 Å². The van der Waals surface area contributed by atoms with Gasteiger partial charge in [-0.3, -0.25) is 9.78 Å². The fourth-order valence-electron chi connectivity index (χ4n) is 1.80. The molecule has 0 aliphatic carbocycles. The van der Waals surface area contributed by atoms with Crippen LogP contribution in [0.3, 0.4) is 0 Å². The van der Waals surface area contributed by atoms with Crippen LogP contribution in [0.1, 0.15) is 19.2 Å². The van der Waals surface area contributed by atoms with Crippen molar-refractivity contribution < 1.29 is 0 Å². The highest BCUT2D eigenvalue weighted by atomic mass is 32.1. The van der Waals surface area contributed by atoms with Crippen LogP contribution in [-0.4, -0.2) is 19.1 Å². The minimum absolute atomic E-state index is 0.171. The van der Waals surface area contributed by atoms with Gasteiger partial charge in [-0.1, -0.05) is 6.92 Å². The lowest BCUT2D eigenvalue weighted by Crippen LogP contribution is -2.14. The summed E-state index contributed by atoms with van der Waals surface area (Å²) in [5, 5.41) is 0. The van der Waals surface area contributed by atoms with Crippen molar-refractivity contribution in [1.82, 2.24) is 19.1 Å². The number of hydrogen-bond acceptors (Lipinski definition) is 3. The van der Waals surface area contributed by atoms with Gasteiger partial charge in [0.25, 0.3) is 5.56 Å². The van der Waals surface area contributed by atoms with Crippen LogP contribution in [-0.2, 0) is 20.5 Å². The summed E-state index contributed by atoms with van der Waals surface area (Å²) in [5.74, 6) is 0.916. The average molecular weight is 238 g/mol. The highest BCUT2D eigenvalue weighted by molar-refractivity contribution is 7.71. The van der Waals surface area contributed by atoms with Gasteiger partial charge in [0, 0.05) is 20.5 Å². The molecule has 0 unspecified atom stereocenters. The fraction of sp³-hybridized carbons (Fsp3) is 0.500. The fourth-order valence-corrected chi connectivity index (χ4v) is 1.98. The third kappa shape index (κ3) is 1.49. The van der Waals surface area contributed by atoms with Crippen molar-refractivity contribution in [1.29, 1.82) is 0 Å². The number of imidazole rings is 1. The lowest BCUT2D eigenvalue weighted by Gasteiger charge is -2.00. The molecular formula is C10H14N4OS. The molecular weight excluding hydrogens is 224 g/mol. The standard InChI is InChI=1S/C10H14N4OS/c1-4-5-6-11-8-7(13(6)2)9(15)12-10(16)14(8)3/h4-5H2,1-3H3,(H,12,15,16). The molecule has 0 saturated carbocycles. The quantitative estimate of drug-likeness (QED) is 0.802. The summed E-state index contributed by atoms with van der Waals surface area (Å²) in [6.07, 6.45) is 1.86. The Labute approximate surface area is 97.7 Å². The molecule has 16 heavy (non-hydrogen) atoms. The van der Waals surface area contributed by atoms with E-state index in [4.69, 9.17) is 12.2 Å². The maximum atomic E-state index is 11.8. The van der Waals surface area contributed by atoms with Gasteiger partial charge in [0.15, 0.2) is 15.9 Å². The summed E-state index contributed by atoms with van der Waals surface area (Å²) < 4.78 is 3.97. The SMILES string of the molecule is CCCc1nc2c(c(=O)[nH]c(=S)n2C)n1C. The van der Waals surface area contributed by atoms with Gasteiger partial charge in [-0.25, -0.2) is 4.98 Å². The molecule has 6 heteroatoms. The van der Waals surface area contributed by atoms with E-state index in [2.05, 4.69) is 16.9 Å². The normalized spacial score (nSPS) is 11.2. The zero-order valence-corrected chi connectivity index (χ0v) is 10.4. The molecule has 0 saturated heterocycles. The molecule has 0 amide bonds. The molecule has 0 bridgehead atoms. The zero-order valence-electron chi connectivity index (χ0n) is 9.57. The molecule has 1 N–H and O–H groups in total. The van der Waals surface area contributed by atoms with E-state index in [1.54, 1.807) is 4.57 Å². The van der Waals surface area contributed by atoms with Crippen molar-refractivity contribution in [3.63, 3.8) is 0 Å².